The van der Waals surface area contributed by atoms with Crippen LogP contribution in [-0.2, 0) is 11.0 Å². The second kappa shape index (κ2) is 8.47. The van der Waals surface area contributed by atoms with Crippen molar-refractivity contribution in [3.63, 3.8) is 0 Å². The van der Waals surface area contributed by atoms with Crippen LogP contribution in [0, 0.1) is 0 Å². The molecule has 0 amide bonds. The lowest BCUT2D eigenvalue weighted by atomic mass is 9.98. The van der Waals surface area contributed by atoms with Crippen molar-refractivity contribution in [3.05, 3.63) is 35.9 Å². The first-order chi connectivity index (χ1) is 14.4. The van der Waals surface area contributed by atoms with Gasteiger partial charge in [-0.1, -0.05) is 29.5 Å². The number of hydrogen-bond acceptors (Lipinski definition) is 10. The number of hydrazine groups is 1. The minimum absolute atomic E-state index is 0.0595. The summed E-state index contributed by atoms with van der Waals surface area (Å²) < 4.78 is 15.6. The van der Waals surface area contributed by atoms with Gasteiger partial charge in [0.2, 0.25) is 0 Å². The Morgan fingerprint density at radius 3 is 2.73 bits per heavy atom. The molecule has 1 fully saturated rings. The number of hydrogen-bond donors (Lipinski definition) is 6. The zero-order chi connectivity index (χ0) is 21.4. The van der Waals surface area contributed by atoms with Crippen LogP contribution < -0.4 is 33.7 Å². The van der Waals surface area contributed by atoms with Crippen molar-refractivity contribution >= 4 is 55.5 Å². The summed E-state index contributed by atoms with van der Waals surface area (Å²) in [5.74, 6) is 5.42. The number of para-hydroxylation sites is 1. The van der Waals surface area contributed by atoms with Gasteiger partial charge in [0, 0.05) is 35.2 Å². The van der Waals surface area contributed by atoms with Crippen LogP contribution in [0.15, 0.2) is 45.2 Å². The van der Waals surface area contributed by atoms with Gasteiger partial charge in [-0.25, -0.2) is 30.0 Å². The number of amidine groups is 1. The summed E-state index contributed by atoms with van der Waals surface area (Å²) in [6.45, 7) is 1.45. The molecule has 1 aliphatic heterocycles. The van der Waals surface area contributed by atoms with Crippen molar-refractivity contribution in [3.8, 4) is 11.1 Å². The Labute approximate surface area is 183 Å². The first-order valence-electron chi connectivity index (χ1n) is 8.85. The number of rotatable bonds is 6. The lowest BCUT2D eigenvalue weighted by Crippen LogP contribution is -2.52. The van der Waals surface area contributed by atoms with Gasteiger partial charge in [-0.3, -0.25) is 0 Å². The third-order valence-corrected chi connectivity index (χ3v) is 7.49. The van der Waals surface area contributed by atoms with E-state index in [9.17, 15) is 4.21 Å². The lowest BCUT2D eigenvalue weighted by Gasteiger charge is -2.35. The second-order valence-electron chi connectivity index (χ2n) is 6.64. The van der Waals surface area contributed by atoms with Crippen LogP contribution in [0.25, 0.3) is 21.3 Å². The van der Waals surface area contributed by atoms with E-state index in [4.69, 9.17) is 28.2 Å². The van der Waals surface area contributed by atoms with Crippen LogP contribution in [0.1, 0.15) is 5.56 Å². The molecule has 1 saturated heterocycles. The van der Waals surface area contributed by atoms with Gasteiger partial charge >= 0.3 is 0 Å². The van der Waals surface area contributed by atoms with Crippen molar-refractivity contribution in [2.24, 2.45) is 27.6 Å². The Hall–Kier alpha value is -2.26. The molecule has 0 radical (unpaired) electrons. The summed E-state index contributed by atoms with van der Waals surface area (Å²) in [6.07, 6.45) is 0. The Morgan fingerprint density at radius 1 is 1.30 bits per heavy atom. The van der Waals surface area contributed by atoms with Crippen molar-refractivity contribution in [2.45, 2.75) is 15.8 Å². The van der Waals surface area contributed by atoms with E-state index in [0.29, 0.717) is 26.0 Å². The fourth-order valence-corrected chi connectivity index (χ4v) is 6.23. The topological polar surface area (TPSA) is 188 Å². The maximum Gasteiger partial charge on any atom is 0.181 e. The molecule has 30 heavy (non-hydrogen) atoms. The van der Waals surface area contributed by atoms with E-state index < -0.39 is 11.0 Å². The third kappa shape index (κ3) is 3.88. The molecule has 1 atom stereocenters. The molecule has 13 heteroatoms. The molecule has 158 valence electrons. The predicted octanol–water partition coefficient (Wildman–Crippen LogP) is 0.260. The molecule has 3 aromatic rings. The van der Waals surface area contributed by atoms with E-state index in [1.54, 1.807) is 0 Å². The number of hydrazone groups is 1. The van der Waals surface area contributed by atoms with E-state index in [-0.39, 0.29) is 11.9 Å². The van der Waals surface area contributed by atoms with Crippen LogP contribution in [0.3, 0.4) is 0 Å². The van der Waals surface area contributed by atoms with Gasteiger partial charge in [0.15, 0.2) is 11.0 Å². The molecule has 0 spiro atoms. The minimum atomic E-state index is -1.84. The Balaban J connectivity index is 1.95. The summed E-state index contributed by atoms with van der Waals surface area (Å²) in [5, 5.41) is 10.3. The second-order valence-corrected chi connectivity index (χ2v) is 9.85. The van der Waals surface area contributed by atoms with Crippen molar-refractivity contribution < 1.29 is 4.21 Å². The molecule has 0 bridgehead atoms. The predicted molar refractivity (Wildman–Crippen MR) is 124 cm³/mol. The Morgan fingerprint density at radius 2 is 2.07 bits per heavy atom. The van der Waals surface area contributed by atoms with E-state index in [0.717, 1.165) is 28.9 Å². The number of nitrogen functional groups attached to an aromatic ring is 1. The molecular weight excluding hydrogens is 442 g/mol. The summed E-state index contributed by atoms with van der Waals surface area (Å²) in [6, 6.07) is 9.61. The smallest absolute Gasteiger partial charge is 0.181 e. The summed E-state index contributed by atoms with van der Waals surface area (Å²) in [5.41, 5.74) is 22.8. The van der Waals surface area contributed by atoms with Crippen LogP contribution in [0.2, 0.25) is 0 Å². The average molecular weight is 464 g/mol. The van der Waals surface area contributed by atoms with Gasteiger partial charge in [-0.05, 0) is 29.6 Å². The van der Waals surface area contributed by atoms with Gasteiger partial charge in [0.25, 0.3) is 0 Å². The van der Waals surface area contributed by atoms with Crippen LogP contribution in [0.5, 0.6) is 0 Å². The highest BCUT2D eigenvalue weighted by Gasteiger charge is 2.28. The van der Waals surface area contributed by atoms with E-state index in [2.05, 4.69) is 19.9 Å². The first-order valence-corrected chi connectivity index (χ1v) is 11.7. The monoisotopic (exact) mass is 463 g/mol. The van der Waals surface area contributed by atoms with Gasteiger partial charge in [0.1, 0.15) is 11.0 Å². The van der Waals surface area contributed by atoms with Crippen molar-refractivity contribution in [1.29, 1.82) is 0 Å². The van der Waals surface area contributed by atoms with Gasteiger partial charge < -0.3 is 17.2 Å². The first kappa shape index (κ1) is 21.0. The molecule has 2 heterocycles. The van der Waals surface area contributed by atoms with Crippen molar-refractivity contribution in [1.82, 2.24) is 14.8 Å². The number of nitrogens with two attached hydrogens (primary N) is 5. The van der Waals surface area contributed by atoms with E-state index >= 15 is 0 Å². The molecule has 1 aliphatic rings. The molecule has 0 saturated carbocycles. The standard InChI is InChI=1S/C17H21N9OS3/c18-8-6-26(7-8)29-12-5-4-9(13(15(12)30(22)27)16(19)24-25-21)10-2-1-3-11-14(10)23-17(20)28-11/h1-5,8,25H,6-7,18,21-22H2,(H2,19,24)(H2,20,23). The third-order valence-electron chi connectivity index (χ3n) is 4.59. The average Bonchev–Trinajstić information content (AvgIpc) is 3.06. The SMILES string of the molecule is NN/N=C(\N)c1c(-c2cccc3sc(N)nc23)ccc(SN2CC(N)C2)c1S(N)=O. The molecule has 1 unspecified atom stereocenters. The highest BCUT2D eigenvalue weighted by atomic mass is 32.2. The fraction of sp³-hybridized carbons (Fsp3) is 0.176. The summed E-state index contributed by atoms with van der Waals surface area (Å²) >= 11 is 2.82. The quantitative estimate of drug-likeness (QED) is 0.0979. The number of nitrogens with zero attached hydrogens (tertiary/aromatic N) is 3. The maximum atomic E-state index is 12.6. The zero-order valence-electron chi connectivity index (χ0n) is 15.7. The Kier molecular flexibility index (Phi) is 5.92. The molecule has 2 aromatic carbocycles. The maximum absolute atomic E-state index is 12.6. The van der Waals surface area contributed by atoms with Crippen molar-refractivity contribution in [2.75, 3.05) is 18.8 Å². The fourth-order valence-electron chi connectivity index (χ4n) is 3.31. The lowest BCUT2D eigenvalue weighted by molar-refractivity contribution is 0.292. The summed E-state index contributed by atoms with van der Waals surface area (Å²) in [7, 11) is -1.84. The molecule has 0 aliphatic carbocycles. The van der Waals surface area contributed by atoms with Gasteiger partial charge in [-0.15, -0.1) is 5.10 Å². The number of benzene rings is 2. The molecule has 10 nitrogen and oxygen atoms in total. The zero-order valence-corrected chi connectivity index (χ0v) is 18.2. The normalized spacial score (nSPS) is 16.6. The largest absolute Gasteiger partial charge is 0.382 e. The number of aromatic nitrogens is 1. The highest BCUT2D eigenvalue weighted by Crippen LogP contribution is 2.40. The van der Waals surface area contributed by atoms with Gasteiger partial charge in [0.05, 0.1) is 15.1 Å². The molecule has 4 rings (SSSR count). The Bertz CT molecular complexity index is 1160. The number of fused-ring (bicyclic) bond motifs is 1. The number of anilines is 1. The van der Waals surface area contributed by atoms with Crippen LogP contribution >= 0.6 is 23.3 Å². The minimum Gasteiger partial charge on any atom is -0.382 e. The van der Waals surface area contributed by atoms with E-state index in [1.165, 1.54) is 23.3 Å². The molecule has 11 N–H and O–H groups in total. The summed E-state index contributed by atoms with van der Waals surface area (Å²) in [4.78, 5) is 5.53. The molecule has 1 aromatic heterocycles. The highest BCUT2D eigenvalue weighted by molar-refractivity contribution is 7.97. The van der Waals surface area contributed by atoms with Gasteiger partial charge in [-0.2, -0.15) is 0 Å². The van der Waals surface area contributed by atoms with Crippen LogP contribution in [0.4, 0.5) is 5.13 Å². The number of nitrogens with one attached hydrogen (secondary N) is 1. The molecular formula is C17H21N9OS3. The number of thiazole rings is 1. The van der Waals surface area contributed by atoms with E-state index in [1.807, 2.05) is 30.3 Å². The van der Waals surface area contributed by atoms with Crippen LogP contribution in [-0.4, -0.2) is 38.5 Å².